The van der Waals surface area contributed by atoms with Crippen molar-refractivity contribution < 1.29 is 9.53 Å². The van der Waals surface area contributed by atoms with Gasteiger partial charge in [0.05, 0.1) is 12.3 Å². The number of carbonyl (C=O) groups is 1. The van der Waals surface area contributed by atoms with Crippen LogP contribution in [0.25, 0.3) is 0 Å². The minimum atomic E-state index is -0.285. The molecule has 0 fully saturated rings. The molecule has 1 heterocycles. The summed E-state index contributed by atoms with van der Waals surface area (Å²) in [4.78, 5) is 20.9. The smallest absolute Gasteiger partial charge is 0.274 e. The lowest BCUT2D eigenvalue weighted by molar-refractivity contribution is 0.102. The average Bonchev–Trinajstić information content (AvgIpc) is 2.67. The van der Waals surface area contributed by atoms with E-state index in [1.807, 2.05) is 63.2 Å². The van der Waals surface area contributed by atoms with Crippen molar-refractivity contribution in [2.45, 2.75) is 20.8 Å². The molecule has 1 aromatic heterocycles. The highest BCUT2D eigenvalue weighted by Crippen LogP contribution is 2.26. The number of ether oxygens (including phenoxy) is 1. The fourth-order valence-corrected chi connectivity index (χ4v) is 2.60. The number of hydrogen-bond donors (Lipinski definition) is 2. The molecule has 2 N–H and O–H groups in total. The highest BCUT2D eigenvalue weighted by molar-refractivity contribution is 6.03. The third-order valence-electron chi connectivity index (χ3n) is 3.99. The van der Waals surface area contributed by atoms with Crippen LogP contribution in [0.4, 0.5) is 17.2 Å². The highest BCUT2D eigenvalue weighted by Gasteiger charge is 2.12. The molecule has 0 aliphatic rings. The van der Waals surface area contributed by atoms with Gasteiger partial charge in [0, 0.05) is 11.8 Å². The van der Waals surface area contributed by atoms with Crippen molar-refractivity contribution in [1.82, 2.24) is 9.97 Å². The Labute approximate surface area is 158 Å². The first kappa shape index (κ1) is 18.4. The fraction of sp³-hybridized carbons (Fsp3) is 0.190. The lowest BCUT2D eigenvalue weighted by Crippen LogP contribution is -2.15. The number of nitrogens with zero attached hydrogens (tertiary/aromatic N) is 2. The number of carbonyl (C=O) groups excluding carboxylic acids is 1. The number of amides is 1. The third kappa shape index (κ3) is 4.61. The Balaban J connectivity index is 1.79. The van der Waals surface area contributed by atoms with Gasteiger partial charge < -0.3 is 15.4 Å². The molecular formula is C21H22N4O2. The molecule has 27 heavy (non-hydrogen) atoms. The van der Waals surface area contributed by atoms with Crippen molar-refractivity contribution in [1.29, 1.82) is 0 Å². The van der Waals surface area contributed by atoms with Crippen LogP contribution in [0.1, 0.15) is 28.5 Å². The maximum Gasteiger partial charge on any atom is 0.274 e. The normalized spacial score (nSPS) is 10.3. The average molecular weight is 362 g/mol. The maximum absolute atomic E-state index is 12.6. The summed E-state index contributed by atoms with van der Waals surface area (Å²) in [6.45, 7) is 6.42. The summed E-state index contributed by atoms with van der Waals surface area (Å²) < 4.78 is 5.61. The lowest BCUT2D eigenvalue weighted by Gasteiger charge is -2.12. The van der Waals surface area contributed by atoms with Crippen molar-refractivity contribution in [3.63, 3.8) is 0 Å². The zero-order chi connectivity index (χ0) is 19.2. The molecule has 138 valence electrons. The number of benzene rings is 2. The van der Waals surface area contributed by atoms with Crippen LogP contribution in [-0.4, -0.2) is 22.5 Å². The SMILES string of the molecule is CCOc1ccccc1Nc1cc(C(=O)Nc2cc(C)ccc2C)ncn1. The highest BCUT2D eigenvalue weighted by atomic mass is 16.5. The Hall–Kier alpha value is -3.41. The molecule has 3 aromatic rings. The van der Waals surface area contributed by atoms with Crippen LogP contribution in [0, 0.1) is 13.8 Å². The van der Waals surface area contributed by atoms with E-state index in [1.165, 1.54) is 6.33 Å². The number of anilines is 3. The summed E-state index contributed by atoms with van der Waals surface area (Å²) in [6, 6.07) is 15.1. The molecule has 0 saturated heterocycles. The van der Waals surface area contributed by atoms with Crippen LogP contribution in [0.15, 0.2) is 54.9 Å². The molecule has 2 aromatic carbocycles. The lowest BCUT2D eigenvalue weighted by atomic mass is 10.1. The van der Waals surface area contributed by atoms with Crippen LogP contribution in [0.2, 0.25) is 0 Å². The quantitative estimate of drug-likeness (QED) is 0.676. The van der Waals surface area contributed by atoms with Gasteiger partial charge in [-0.3, -0.25) is 4.79 Å². The summed E-state index contributed by atoms with van der Waals surface area (Å²) in [5, 5.41) is 6.09. The van der Waals surface area contributed by atoms with E-state index >= 15 is 0 Å². The zero-order valence-corrected chi connectivity index (χ0v) is 15.6. The Morgan fingerprint density at radius 1 is 1.04 bits per heavy atom. The monoisotopic (exact) mass is 362 g/mol. The van der Waals surface area contributed by atoms with E-state index in [0.29, 0.717) is 12.4 Å². The number of para-hydroxylation sites is 2. The second-order valence-electron chi connectivity index (χ2n) is 6.12. The number of rotatable bonds is 6. The molecule has 6 nitrogen and oxygen atoms in total. The van der Waals surface area contributed by atoms with E-state index in [2.05, 4.69) is 20.6 Å². The van der Waals surface area contributed by atoms with Crippen molar-refractivity contribution in [2.24, 2.45) is 0 Å². The van der Waals surface area contributed by atoms with E-state index < -0.39 is 0 Å². The number of nitrogens with one attached hydrogen (secondary N) is 2. The van der Waals surface area contributed by atoms with E-state index in [0.717, 1.165) is 28.3 Å². The molecule has 0 bridgehead atoms. The molecule has 3 rings (SSSR count). The van der Waals surface area contributed by atoms with Gasteiger partial charge in [-0.25, -0.2) is 9.97 Å². The van der Waals surface area contributed by atoms with E-state index in [-0.39, 0.29) is 11.6 Å². The van der Waals surface area contributed by atoms with Crippen molar-refractivity contribution in [2.75, 3.05) is 17.2 Å². The molecule has 0 spiro atoms. The van der Waals surface area contributed by atoms with Crippen molar-refractivity contribution >= 4 is 23.1 Å². The Morgan fingerprint density at radius 2 is 1.85 bits per heavy atom. The van der Waals surface area contributed by atoms with Crippen molar-refractivity contribution in [3.05, 3.63) is 71.7 Å². The summed E-state index contributed by atoms with van der Waals surface area (Å²) in [7, 11) is 0. The molecular weight excluding hydrogens is 340 g/mol. The largest absolute Gasteiger partial charge is 0.492 e. The Morgan fingerprint density at radius 3 is 2.67 bits per heavy atom. The minimum Gasteiger partial charge on any atom is -0.492 e. The van der Waals surface area contributed by atoms with Crippen LogP contribution in [0.5, 0.6) is 5.75 Å². The first-order chi connectivity index (χ1) is 13.1. The first-order valence-electron chi connectivity index (χ1n) is 8.76. The van der Waals surface area contributed by atoms with Gasteiger partial charge in [-0.2, -0.15) is 0 Å². The molecule has 0 atom stereocenters. The van der Waals surface area contributed by atoms with Crippen LogP contribution in [0.3, 0.4) is 0 Å². The Bertz CT molecular complexity index is 956. The summed E-state index contributed by atoms with van der Waals surface area (Å²) in [6.07, 6.45) is 1.36. The molecule has 1 amide bonds. The predicted octanol–water partition coefficient (Wildman–Crippen LogP) is 4.49. The van der Waals surface area contributed by atoms with Gasteiger partial charge >= 0.3 is 0 Å². The first-order valence-corrected chi connectivity index (χ1v) is 8.76. The molecule has 0 aliphatic carbocycles. The van der Waals surface area contributed by atoms with Gasteiger partial charge in [0.15, 0.2) is 0 Å². The second kappa shape index (κ2) is 8.31. The zero-order valence-electron chi connectivity index (χ0n) is 15.6. The van der Waals surface area contributed by atoms with E-state index in [1.54, 1.807) is 6.07 Å². The second-order valence-corrected chi connectivity index (χ2v) is 6.12. The number of aromatic nitrogens is 2. The molecule has 0 unspecified atom stereocenters. The maximum atomic E-state index is 12.6. The number of aryl methyl sites for hydroxylation is 2. The standard InChI is InChI=1S/C21H22N4O2/c1-4-27-19-8-6-5-7-16(19)24-20-12-18(22-13-23-20)21(26)25-17-11-14(2)9-10-15(17)3/h5-13H,4H2,1-3H3,(H,25,26)(H,22,23,24). The summed E-state index contributed by atoms with van der Waals surface area (Å²) in [5.41, 5.74) is 3.90. The third-order valence-corrected chi connectivity index (χ3v) is 3.99. The molecule has 0 aliphatic heterocycles. The van der Waals surface area contributed by atoms with Gasteiger partial charge in [0.25, 0.3) is 5.91 Å². The topological polar surface area (TPSA) is 76.1 Å². The van der Waals surface area contributed by atoms with E-state index in [9.17, 15) is 4.79 Å². The summed E-state index contributed by atoms with van der Waals surface area (Å²) in [5.74, 6) is 0.954. The molecule has 0 saturated carbocycles. The van der Waals surface area contributed by atoms with Gasteiger partial charge in [-0.15, -0.1) is 0 Å². The van der Waals surface area contributed by atoms with E-state index in [4.69, 9.17) is 4.74 Å². The fourth-order valence-electron chi connectivity index (χ4n) is 2.60. The van der Waals surface area contributed by atoms with Crippen molar-refractivity contribution in [3.8, 4) is 5.75 Å². The van der Waals surface area contributed by atoms with Crippen LogP contribution >= 0.6 is 0 Å². The van der Waals surface area contributed by atoms with Gasteiger partial charge in [-0.05, 0) is 50.1 Å². The molecule has 0 radical (unpaired) electrons. The Kier molecular flexibility index (Phi) is 5.66. The predicted molar refractivity (Wildman–Crippen MR) is 107 cm³/mol. The molecule has 6 heteroatoms. The summed E-state index contributed by atoms with van der Waals surface area (Å²) >= 11 is 0. The van der Waals surface area contributed by atoms with Gasteiger partial charge in [0.1, 0.15) is 23.6 Å². The van der Waals surface area contributed by atoms with Gasteiger partial charge in [-0.1, -0.05) is 24.3 Å². The number of hydrogen-bond acceptors (Lipinski definition) is 5. The van der Waals surface area contributed by atoms with Gasteiger partial charge in [0.2, 0.25) is 0 Å². The van der Waals surface area contributed by atoms with Crippen LogP contribution in [-0.2, 0) is 0 Å². The van der Waals surface area contributed by atoms with Crippen LogP contribution < -0.4 is 15.4 Å². The minimum absolute atomic E-state index is 0.280.